The second-order valence-electron chi connectivity index (χ2n) is 4.61. The van der Waals surface area contributed by atoms with Crippen LogP contribution in [0.1, 0.15) is 37.7 Å². The first-order valence-electron chi connectivity index (χ1n) is 6.51. The second kappa shape index (κ2) is 6.23. The first kappa shape index (κ1) is 12.7. The molecule has 0 bridgehead atoms. The van der Waals surface area contributed by atoms with Gasteiger partial charge in [0.2, 0.25) is 0 Å². The molecule has 1 aliphatic heterocycles. The zero-order valence-corrected chi connectivity index (χ0v) is 10.5. The third-order valence-corrected chi connectivity index (χ3v) is 3.33. The molecule has 5 heteroatoms. The number of nitrogens with two attached hydrogens (primary N) is 1. The van der Waals surface area contributed by atoms with Crippen LogP contribution in [0.5, 0.6) is 0 Å². The van der Waals surface area contributed by atoms with Crippen molar-refractivity contribution in [1.29, 1.82) is 0 Å². The average Bonchev–Trinajstić information content (AvgIpc) is 2.38. The van der Waals surface area contributed by atoms with E-state index in [4.69, 9.17) is 10.9 Å². The quantitative estimate of drug-likeness (QED) is 0.363. The third kappa shape index (κ3) is 2.91. The van der Waals surface area contributed by atoms with Gasteiger partial charge in [-0.2, -0.15) is 0 Å². The Labute approximate surface area is 107 Å². The lowest BCUT2D eigenvalue weighted by Crippen LogP contribution is -2.30. The fourth-order valence-electron chi connectivity index (χ4n) is 2.36. The van der Waals surface area contributed by atoms with Gasteiger partial charge in [0, 0.05) is 19.3 Å². The smallest absolute Gasteiger partial charge is 0.173 e. The Morgan fingerprint density at radius 1 is 1.22 bits per heavy atom. The summed E-state index contributed by atoms with van der Waals surface area (Å²) in [6, 6.07) is 3.65. The van der Waals surface area contributed by atoms with Crippen LogP contribution >= 0.6 is 0 Å². The van der Waals surface area contributed by atoms with E-state index in [0.717, 1.165) is 18.9 Å². The van der Waals surface area contributed by atoms with E-state index in [1.807, 2.05) is 6.07 Å². The summed E-state index contributed by atoms with van der Waals surface area (Å²) >= 11 is 0. The summed E-state index contributed by atoms with van der Waals surface area (Å²) in [5, 5.41) is 11.9. The molecule has 1 aromatic heterocycles. The molecule has 18 heavy (non-hydrogen) atoms. The minimum absolute atomic E-state index is 0.125. The van der Waals surface area contributed by atoms with Crippen LogP contribution in [0.25, 0.3) is 0 Å². The van der Waals surface area contributed by atoms with E-state index in [2.05, 4.69) is 15.0 Å². The Morgan fingerprint density at radius 3 is 2.56 bits per heavy atom. The van der Waals surface area contributed by atoms with Crippen LogP contribution in [-0.4, -0.2) is 29.1 Å². The van der Waals surface area contributed by atoms with Crippen LogP contribution in [0.15, 0.2) is 23.5 Å². The van der Waals surface area contributed by atoms with Crippen molar-refractivity contribution in [2.24, 2.45) is 10.9 Å². The molecule has 0 spiro atoms. The fraction of sp³-hybridized carbons (Fsp3) is 0.538. The summed E-state index contributed by atoms with van der Waals surface area (Å²) in [4.78, 5) is 6.64. The van der Waals surface area contributed by atoms with Crippen LogP contribution < -0.4 is 10.6 Å². The predicted octanol–water partition coefficient (Wildman–Crippen LogP) is 1.95. The lowest BCUT2D eigenvalue weighted by Gasteiger charge is -2.27. The molecule has 2 rings (SSSR count). The Hall–Kier alpha value is -1.78. The van der Waals surface area contributed by atoms with Crippen LogP contribution in [-0.2, 0) is 0 Å². The summed E-state index contributed by atoms with van der Waals surface area (Å²) in [6.07, 6.45) is 7.95. The van der Waals surface area contributed by atoms with Gasteiger partial charge in [-0.15, -0.1) is 0 Å². The molecule has 0 amide bonds. The highest BCUT2D eigenvalue weighted by molar-refractivity contribution is 6.01. The summed E-state index contributed by atoms with van der Waals surface area (Å²) in [6.45, 7) is 1.98. The zero-order valence-electron chi connectivity index (χ0n) is 10.5. The molecule has 98 valence electrons. The van der Waals surface area contributed by atoms with Gasteiger partial charge < -0.3 is 15.8 Å². The first-order chi connectivity index (χ1) is 8.83. The Balaban J connectivity index is 2.25. The normalized spacial score (nSPS) is 18.2. The van der Waals surface area contributed by atoms with Crippen molar-refractivity contribution in [2.45, 2.75) is 32.1 Å². The van der Waals surface area contributed by atoms with Crippen LogP contribution in [0.3, 0.4) is 0 Å². The van der Waals surface area contributed by atoms with E-state index in [0.29, 0.717) is 5.56 Å². The van der Waals surface area contributed by atoms with Gasteiger partial charge in [0.25, 0.3) is 0 Å². The molecular formula is C13H20N4O. The van der Waals surface area contributed by atoms with Gasteiger partial charge in [0.15, 0.2) is 5.84 Å². The maximum atomic E-state index is 8.83. The number of pyridine rings is 1. The van der Waals surface area contributed by atoms with Gasteiger partial charge in [-0.25, -0.2) is 4.98 Å². The molecule has 2 heterocycles. The van der Waals surface area contributed by atoms with Gasteiger partial charge >= 0.3 is 0 Å². The Kier molecular flexibility index (Phi) is 4.39. The second-order valence-corrected chi connectivity index (χ2v) is 4.61. The number of oxime groups is 1. The number of anilines is 1. The van der Waals surface area contributed by atoms with E-state index < -0.39 is 0 Å². The predicted molar refractivity (Wildman–Crippen MR) is 72.0 cm³/mol. The molecule has 1 aromatic rings. The molecule has 3 N–H and O–H groups in total. The van der Waals surface area contributed by atoms with E-state index in [1.165, 1.54) is 32.1 Å². The molecule has 0 aromatic carbocycles. The van der Waals surface area contributed by atoms with Gasteiger partial charge in [0.05, 0.1) is 5.56 Å². The van der Waals surface area contributed by atoms with Gasteiger partial charge in [-0.3, -0.25) is 0 Å². The van der Waals surface area contributed by atoms with Crippen molar-refractivity contribution < 1.29 is 5.21 Å². The SMILES string of the molecule is N/C(=N\O)c1cccnc1N1CCCCCCC1. The van der Waals surface area contributed by atoms with E-state index in [9.17, 15) is 0 Å². The van der Waals surface area contributed by atoms with E-state index >= 15 is 0 Å². The average molecular weight is 248 g/mol. The highest BCUT2D eigenvalue weighted by Gasteiger charge is 2.15. The minimum atomic E-state index is 0.125. The minimum Gasteiger partial charge on any atom is -0.409 e. The third-order valence-electron chi connectivity index (χ3n) is 3.33. The molecule has 0 atom stereocenters. The van der Waals surface area contributed by atoms with Crippen molar-refractivity contribution in [1.82, 2.24) is 4.98 Å². The van der Waals surface area contributed by atoms with Gasteiger partial charge in [0.1, 0.15) is 5.82 Å². The lowest BCUT2D eigenvalue weighted by molar-refractivity contribution is 0.318. The number of nitrogens with zero attached hydrogens (tertiary/aromatic N) is 3. The number of rotatable bonds is 2. The lowest BCUT2D eigenvalue weighted by atomic mass is 10.1. The standard InChI is InChI=1S/C13H20N4O/c14-12(16-18)11-7-6-8-15-13(11)17-9-4-2-1-3-5-10-17/h6-8,18H,1-5,9-10H2,(H2,14,16). The van der Waals surface area contributed by atoms with Crippen molar-refractivity contribution in [2.75, 3.05) is 18.0 Å². The van der Waals surface area contributed by atoms with Crippen LogP contribution in [0.2, 0.25) is 0 Å². The summed E-state index contributed by atoms with van der Waals surface area (Å²) in [5.41, 5.74) is 6.41. The zero-order chi connectivity index (χ0) is 12.8. The molecule has 1 aliphatic rings. The summed E-state index contributed by atoms with van der Waals surface area (Å²) in [5.74, 6) is 0.954. The highest BCUT2D eigenvalue weighted by Crippen LogP contribution is 2.20. The molecule has 5 nitrogen and oxygen atoms in total. The molecule has 1 saturated heterocycles. The number of hydrogen-bond donors (Lipinski definition) is 2. The first-order valence-corrected chi connectivity index (χ1v) is 6.51. The molecule has 0 saturated carbocycles. The molecule has 1 fully saturated rings. The van der Waals surface area contributed by atoms with Crippen molar-refractivity contribution in [3.63, 3.8) is 0 Å². The van der Waals surface area contributed by atoms with E-state index in [1.54, 1.807) is 12.3 Å². The Morgan fingerprint density at radius 2 is 1.89 bits per heavy atom. The number of hydrogen-bond acceptors (Lipinski definition) is 4. The van der Waals surface area contributed by atoms with Crippen molar-refractivity contribution in [3.05, 3.63) is 23.9 Å². The molecular weight excluding hydrogens is 228 g/mol. The van der Waals surface area contributed by atoms with Crippen molar-refractivity contribution in [3.8, 4) is 0 Å². The largest absolute Gasteiger partial charge is 0.409 e. The molecule has 0 unspecified atom stereocenters. The highest BCUT2D eigenvalue weighted by atomic mass is 16.4. The van der Waals surface area contributed by atoms with E-state index in [-0.39, 0.29) is 5.84 Å². The van der Waals surface area contributed by atoms with Crippen molar-refractivity contribution >= 4 is 11.7 Å². The number of aromatic nitrogens is 1. The van der Waals surface area contributed by atoms with Gasteiger partial charge in [-0.05, 0) is 25.0 Å². The monoisotopic (exact) mass is 248 g/mol. The summed E-state index contributed by atoms with van der Waals surface area (Å²) in [7, 11) is 0. The maximum absolute atomic E-state index is 8.83. The maximum Gasteiger partial charge on any atom is 0.173 e. The number of amidine groups is 1. The summed E-state index contributed by atoms with van der Waals surface area (Å²) < 4.78 is 0. The molecule has 0 aliphatic carbocycles. The Bertz CT molecular complexity index is 411. The van der Waals surface area contributed by atoms with Gasteiger partial charge in [-0.1, -0.05) is 24.4 Å². The van der Waals surface area contributed by atoms with Crippen LogP contribution in [0, 0.1) is 0 Å². The van der Waals surface area contributed by atoms with Crippen LogP contribution in [0.4, 0.5) is 5.82 Å². The topological polar surface area (TPSA) is 74.7 Å². The molecule has 0 radical (unpaired) electrons. The fourth-order valence-corrected chi connectivity index (χ4v) is 2.36.